The first kappa shape index (κ1) is 20.2. The number of nitrogens with one attached hydrogen (secondary N) is 1. The summed E-state index contributed by atoms with van der Waals surface area (Å²) in [4.78, 5) is 37.6. The van der Waals surface area contributed by atoms with Crippen molar-refractivity contribution in [3.63, 3.8) is 0 Å². The number of amides is 1. The molecule has 0 radical (unpaired) electrons. The van der Waals surface area contributed by atoms with Crippen LogP contribution in [0, 0.1) is 0 Å². The van der Waals surface area contributed by atoms with Gasteiger partial charge in [-0.25, -0.2) is 9.59 Å². The minimum Gasteiger partial charge on any atom is -0.473 e. The smallest absolute Gasteiger partial charge is 0.414 e. The maximum atomic E-state index is 12.1. The van der Waals surface area contributed by atoms with Gasteiger partial charge in [0, 0.05) is 55.4 Å². The molecule has 144 valence electrons. The molecule has 1 aromatic heterocycles. The molecule has 27 heavy (non-hydrogen) atoms. The molecule has 8 nitrogen and oxygen atoms in total. The summed E-state index contributed by atoms with van der Waals surface area (Å²) in [6, 6.07) is 5.88. The Morgan fingerprint density at radius 3 is 2.33 bits per heavy atom. The van der Waals surface area contributed by atoms with Gasteiger partial charge >= 0.3 is 11.9 Å². The lowest BCUT2D eigenvalue weighted by molar-refractivity contribution is -0.159. The summed E-state index contributed by atoms with van der Waals surface area (Å²) in [7, 11) is 5.70. The number of aromatic amines is 1. The van der Waals surface area contributed by atoms with E-state index in [2.05, 4.69) is 29.2 Å². The summed E-state index contributed by atoms with van der Waals surface area (Å²) in [5.74, 6) is -3.61. The molecule has 3 N–H and O–H groups in total. The van der Waals surface area contributed by atoms with Gasteiger partial charge in [0.25, 0.3) is 5.91 Å². The maximum Gasteiger partial charge on any atom is 0.414 e. The van der Waals surface area contributed by atoms with Crippen molar-refractivity contribution in [2.75, 3.05) is 34.2 Å². The van der Waals surface area contributed by atoms with Crippen LogP contribution in [0.1, 0.15) is 22.3 Å². The number of H-pyrrole nitrogens is 1. The molecule has 0 fully saturated rings. The second-order valence-corrected chi connectivity index (χ2v) is 6.51. The lowest BCUT2D eigenvalue weighted by atomic mass is 9.98. The van der Waals surface area contributed by atoms with E-state index >= 15 is 0 Å². The predicted octanol–water partition coefficient (Wildman–Crippen LogP) is 1.74. The molecular weight excluding hydrogens is 350 g/mol. The average molecular weight is 373 g/mol. The van der Waals surface area contributed by atoms with E-state index in [0.29, 0.717) is 0 Å². The van der Waals surface area contributed by atoms with Crippen molar-refractivity contribution >= 4 is 34.3 Å². The number of carboxylic acids is 2. The van der Waals surface area contributed by atoms with Gasteiger partial charge in [-0.1, -0.05) is 6.08 Å². The van der Waals surface area contributed by atoms with Crippen molar-refractivity contribution in [3.8, 4) is 0 Å². The molecule has 1 amide bonds. The SMILES string of the molecule is CN1CC=C(c2c[nH]c3ccc(C(=O)N(C)C)cc23)CC1.O=C(O)C(=O)O. The van der Waals surface area contributed by atoms with E-state index in [1.807, 2.05) is 18.2 Å². The van der Waals surface area contributed by atoms with Crippen LogP contribution in [0.5, 0.6) is 0 Å². The van der Waals surface area contributed by atoms with Gasteiger partial charge in [0.2, 0.25) is 0 Å². The van der Waals surface area contributed by atoms with Crippen LogP contribution >= 0.6 is 0 Å². The fraction of sp³-hybridized carbons (Fsp3) is 0.316. The van der Waals surface area contributed by atoms with E-state index in [0.717, 1.165) is 36.0 Å². The molecule has 2 aromatic rings. The van der Waals surface area contributed by atoms with E-state index in [4.69, 9.17) is 19.8 Å². The molecule has 0 atom stereocenters. The molecule has 1 aromatic carbocycles. The summed E-state index contributed by atoms with van der Waals surface area (Å²) in [5, 5.41) is 15.9. The van der Waals surface area contributed by atoms with Gasteiger partial charge in [-0.3, -0.25) is 4.79 Å². The summed E-state index contributed by atoms with van der Waals surface area (Å²) >= 11 is 0. The van der Waals surface area contributed by atoms with Crippen LogP contribution in [0.4, 0.5) is 0 Å². The Hall–Kier alpha value is -3.13. The van der Waals surface area contributed by atoms with E-state index in [1.54, 1.807) is 19.0 Å². The van der Waals surface area contributed by atoms with Gasteiger partial charge in [-0.05, 0) is 37.2 Å². The van der Waals surface area contributed by atoms with Crippen molar-refractivity contribution in [2.45, 2.75) is 6.42 Å². The number of benzene rings is 1. The van der Waals surface area contributed by atoms with Crippen LogP contribution in [0.3, 0.4) is 0 Å². The average Bonchev–Trinajstić information content (AvgIpc) is 3.05. The van der Waals surface area contributed by atoms with Gasteiger partial charge in [0.05, 0.1) is 0 Å². The molecule has 1 aliphatic rings. The molecule has 3 rings (SSSR count). The highest BCUT2D eigenvalue weighted by Crippen LogP contribution is 2.29. The molecule has 0 unspecified atom stereocenters. The van der Waals surface area contributed by atoms with E-state index in [9.17, 15) is 4.79 Å². The molecular formula is C19H23N3O5. The standard InChI is InChI=1S/C17H21N3O.C2H2O4/c1-19(2)17(21)13-4-5-16-14(10-13)15(11-18-16)12-6-8-20(3)9-7-12;3-1(4)2(5)6/h4-6,10-11,18H,7-9H2,1-3H3;(H,3,4)(H,5,6). The van der Waals surface area contributed by atoms with Crippen LogP contribution in [0.25, 0.3) is 16.5 Å². The zero-order valence-electron chi connectivity index (χ0n) is 15.5. The number of carbonyl (C=O) groups is 3. The van der Waals surface area contributed by atoms with Crippen LogP contribution in [0.15, 0.2) is 30.5 Å². The van der Waals surface area contributed by atoms with Crippen LogP contribution < -0.4 is 0 Å². The van der Waals surface area contributed by atoms with Crippen molar-refractivity contribution in [1.82, 2.24) is 14.8 Å². The lowest BCUT2D eigenvalue weighted by Crippen LogP contribution is -2.23. The third-order valence-corrected chi connectivity index (χ3v) is 4.28. The van der Waals surface area contributed by atoms with Crippen molar-refractivity contribution < 1.29 is 24.6 Å². The van der Waals surface area contributed by atoms with Gasteiger partial charge in [-0.15, -0.1) is 0 Å². The molecule has 0 aliphatic carbocycles. The number of rotatable bonds is 2. The van der Waals surface area contributed by atoms with Gasteiger partial charge in [0.1, 0.15) is 0 Å². The Kier molecular flexibility index (Phi) is 6.36. The maximum absolute atomic E-state index is 12.1. The molecule has 0 saturated heterocycles. The van der Waals surface area contributed by atoms with Crippen LogP contribution in [-0.2, 0) is 9.59 Å². The topological polar surface area (TPSA) is 114 Å². The number of aromatic nitrogens is 1. The molecule has 0 bridgehead atoms. The van der Waals surface area contributed by atoms with Crippen molar-refractivity contribution in [3.05, 3.63) is 41.6 Å². The van der Waals surface area contributed by atoms with E-state index in [1.165, 1.54) is 11.1 Å². The van der Waals surface area contributed by atoms with Crippen molar-refractivity contribution in [1.29, 1.82) is 0 Å². The summed E-state index contributed by atoms with van der Waals surface area (Å²) in [6.07, 6.45) is 5.40. The Labute approximate surface area is 156 Å². The fourth-order valence-electron chi connectivity index (χ4n) is 2.79. The second kappa shape index (κ2) is 8.50. The van der Waals surface area contributed by atoms with Gasteiger partial charge in [0.15, 0.2) is 0 Å². The highest BCUT2D eigenvalue weighted by atomic mass is 16.4. The number of likely N-dealkylation sites (N-methyl/N-ethyl adjacent to an activating group) is 1. The summed E-state index contributed by atoms with van der Waals surface area (Å²) in [6.45, 7) is 2.06. The molecule has 0 saturated carbocycles. The minimum absolute atomic E-state index is 0.0430. The summed E-state index contributed by atoms with van der Waals surface area (Å²) < 4.78 is 0. The van der Waals surface area contributed by atoms with Crippen LogP contribution in [-0.4, -0.2) is 77.1 Å². The monoisotopic (exact) mass is 373 g/mol. The number of fused-ring (bicyclic) bond motifs is 1. The first-order valence-electron chi connectivity index (χ1n) is 8.37. The zero-order chi connectivity index (χ0) is 20.1. The third-order valence-electron chi connectivity index (χ3n) is 4.28. The number of aliphatic carboxylic acids is 2. The van der Waals surface area contributed by atoms with Crippen LogP contribution in [0.2, 0.25) is 0 Å². The fourth-order valence-corrected chi connectivity index (χ4v) is 2.79. The third kappa shape index (κ3) is 4.95. The number of hydrogen-bond acceptors (Lipinski definition) is 4. The zero-order valence-corrected chi connectivity index (χ0v) is 15.5. The highest BCUT2D eigenvalue weighted by molar-refractivity contribution is 6.27. The van der Waals surface area contributed by atoms with Gasteiger partial charge < -0.3 is 25.0 Å². The van der Waals surface area contributed by atoms with Crippen molar-refractivity contribution in [2.24, 2.45) is 0 Å². The number of carbonyl (C=O) groups excluding carboxylic acids is 1. The first-order valence-corrected chi connectivity index (χ1v) is 8.37. The molecule has 2 heterocycles. The normalized spacial score (nSPS) is 14.1. The number of nitrogens with zero attached hydrogens (tertiary/aromatic N) is 2. The number of hydrogen-bond donors (Lipinski definition) is 3. The Bertz CT molecular complexity index is 886. The lowest BCUT2D eigenvalue weighted by Gasteiger charge is -2.21. The van der Waals surface area contributed by atoms with Gasteiger partial charge in [-0.2, -0.15) is 0 Å². The minimum atomic E-state index is -1.82. The Balaban J connectivity index is 0.000000380. The highest BCUT2D eigenvalue weighted by Gasteiger charge is 2.15. The second-order valence-electron chi connectivity index (χ2n) is 6.51. The molecule has 0 spiro atoms. The largest absolute Gasteiger partial charge is 0.473 e. The predicted molar refractivity (Wildman–Crippen MR) is 102 cm³/mol. The first-order chi connectivity index (χ1) is 12.7. The quantitative estimate of drug-likeness (QED) is 0.691. The Morgan fingerprint density at radius 1 is 1.15 bits per heavy atom. The molecule has 8 heteroatoms. The summed E-state index contributed by atoms with van der Waals surface area (Å²) in [5.41, 5.74) is 4.42. The Morgan fingerprint density at radius 2 is 1.81 bits per heavy atom. The molecule has 1 aliphatic heterocycles. The number of carboxylic acid groups (broad SMARTS) is 2. The van der Waals surface area contributed by atoms with E-state index in [-0.39, 0.29) is 5.91 Å². The van der Waals surface area contributed by atoms with E-state index < -0.39 is 11.9 Å².